The largest absolute Gasteiger partial charge is 0.495 e. The Balaban J connectivity index is 1.49. The lowest BCUT2D eigenvalue weighted by atomic mass is 10.1. The van der Waals surface area contributed by atoms with Crippen LogP contribution in [0.1, 0.15) is 6.42 Å². The number of fused-ring (bicyclic) bond motifs is 1. The highest BCUT2D eigenvalue weighted by Crippen LogP contribution is 2.37. The minimum absolute atomic E-state index is 0.329. The van der Waals surface area contributed by atoms with Gasteiger partial charge in [0.2, 0.25) is 0 Å². The molecule has 2 aromatic carbocycles. The van der Waals surface area contributed by atoms with Crippen LogP contribution in [0.25, 0.3) is 10.9 Å². The first-order valence-corrected chi connectivity index (χ1v) is 11.1. The average molecular weight is 490 g/mol. The SMILES string of the molecule is COc1cc2c(Oc3ccc(F)cc3Br)ccnc2cc1NCCCN1CCOCC1. The Morgan fingerprint density at radius 2 is 1.97 bits per heavy atom. The van der Waals surface area contributed by atoms with Crippen LogP contribution in [0.2, 0.25) is 0 Å². The topological polar surface area (TPSA) is 55.9 Å². The van der Waals surface area contributed by atoms with Crippen molar-refractivity contribution in [2.24, 2.45) is 0 Å². The van der Waals surface area contributed by atoms with E-state index >= 15 is 0 Å². The molecule has 31 heavy (non-hydrogen) atoms. The van der Waals surface area contributed by atoms with Gasteiger partial charge in [0.1, 0.15) is 23.1 Å². The molecule has 1 saturated heterocycles. The molecular weight excluding hydrogens is 465 g/mol. The van der Waals surface area contributed by atoms with E-state index in [9.17, 15) is 4.39 Å². The van der Waals surface area contributed by atoms with Gasteiger partial charge in [-0.15, -0.1) is 0 Å². The standard InChI is InChI=1S/C23H25BrFN3O3/c1-29-23-14-17-19(15-20(23)26-6-2-8-28-9-11-30-12-10-28)27-7-5-21(17)31-22-4-3-16(25)13-18(22)24/h3-5,7,13-15,26H,2,6,8-12H2,1H3. The zero-order valence-electron chi connectivity index (χ0n) is 17.4. The molecule has 0 unspecified atom stereocenters. The Bertz CT molecular complexity index is 1040. The molecule has 1 N–H and O–H groups in total. The maximum absolute atomic E-state index is 13.4. The van der Waals surface area contributed by atoms with Crippen molar-refractivity contribution in [1.82, 2.24) is 9.88 Å². The van der Waals surface area contributed by atoms with Crippen molar-refractivity contribution in [2.45, 2.75) is 6.42 Å². The van der Waals surface area contributed by atoms with Gasteiger partial charge in [-0.05, 0) is 65.3 Å². The van der Waals surface area contributed by atoms with Gasteiger partial charge in [-0.25, -0.2) is 4.39 Å². The molecule has 1 aromatic heterocycles. The Morgan fingerprint density at radius 3 is 2.74 bits per heavy atom. The summed E-state index contributed by atoms with van der Waals surface area (Å²) in [4.78, 5) is 6.91. The van der Waals surface area contributed by atoms with Crippen LogP contribution in [-0.2, 0) is 4.74 Å². The van der Waals surface area contributed by atoms with Crippen LogP contribution in [0, 0.1) is 5.82 Å². The van der Waals surface area contributed by atoms with Crippen molar-refractivity contribution in [1.29, 1.82) is 0 Å². The zero-order valence-corrected chi connectivity index (χ0v) is 19.0. The fourth-order valence-electron chi connectivity index (χ4n) is 3.57. The van der Waals surface area contributed by atoms with Crippen LogP contribution in [0.5, 0.6) is 17.2 Å². The van der Waals surface area contributed by atoms with E-state index in [0.29, 0.717) is 16.0 Å². The summed E-state index contributed by atoms with van der Waals surface area (Å²) in [7, 11) is 1.65. The number of morpholine rings is 1. The third-order valence-corrected chi connectivity index (χ3v) is 5.83. The van der Waals surface area contributed by atoms with E-state index in [0.717, 1.165) is 68.2 Å². The predicted molar refractivity (Wildman–Crippen MR) is 123 cm³/mol. The van der Waals surface area contributed by atoms with E-state index in [1.807, 2.05) is 12.1 Å². The van der Waals surface area contributed by atoms with Crippen molar-refractivity contribution in [3.8, 4) is 17.2 Å². The number of aromatic nitrogens is 1. The molecule has 8 heteroatoms. The number of pyridine rings is 1. The fourth-order valence-corrected chi connectivity index (χ4v) is 4.00. The summed E-state index contributed by atoms with van der Waals surface area (Å²) in [5.41, 5.74) is 1.68. The maximum atomic E-state index is 13.4. The van der Waals surface area contributed by atoms with E-state index in [1.165, 1.54) is 12.1 Å². The average Bonchev–Trinajstić information content (AvgIpc) is 2.79. The molecule has 1 aliphatic rings. The van der Waals surface area contributed by atoms with Gasteiger partial charge in [0.25, 0.3) is 0 Å². The Labute approximate surface area is 189 Å². The van der Waals surface area contributed by atoms with E-state index in [4.69, 9.17) is 14.2 Å². The number of nitrogens with zero attached hydrogens (tertiary/aromatic N) is 2. The number of ether oxygens (including phenoxy) is 3. The van der Waals surface area contributed by atoms with Crippen LogP contribution in [0.3, 0.4) is 0 Å². The number of rotatable bonds is 8. The van der Waals surface area contributed by atoms with E-state index < -0.39 is 0 Å². The second-order valence-electron chi connectivity index (χ2n) is 7.29. The first kappa shape index (κ1) is 21.8. The third kappa shape index (κ3) is 5.44. The van der Waals surface area contributed by atoms with Crippen molar-refractivity contribution in [3.63, 3.8) is 0 Å². The summed E-state index contributed by atoms with van der Waals surface area (Å²) in [6, 6.07) is 10.00. The molecule has 0 bridgehead atoms. The number of halogens is 2. The molecule has 0 amide bonds. The minimum Gasteiger partial charge on any atom is -0.495 e. The molecule has 0 radical (unpaired) electrons. The van der Waals surface area contributed by atoms with Crippen molar-refractivity contribution in [3.05, 3.63) is 52.9 Å². The number of nitrogens with one attached hydrogen (secondary N) is 1. The monoisotopic (exact) mass is 489 g/mol. The maximum Gasteiger partial charge on any atom is 0.142 e. The summed E-state index contributed by atoms with van der Waals surface area (Å²) >= 11 is 3.35. The summed E-state index contributed by atoms with van der Waals surface area (Å²) in [6.45, 7) is 5.49. The molecule has 0 spiro atoms. The molecule has 2 heterocycles. The van der Waals surface area contributed by atoms with Gasteiger partial charge >= 0.3 is 0 Å². The first-order chi connectivity index (χ1) is 15.1. The molecule has 3 aromatic rings. The second-order valence-corrected chi connectivity index (χ2v) is 8.14. The van der Waals surface area contributed by atoms with E-state index in [2.05, 4.69) is 31.1 Å². The number of hydrogen-bond donors (Lipinski definition) is 1. The minimum atomic E-state index is -0.329. The molecule has 164 valence electrons. The normalized spacial score (nSPS) is 14.5. The van der Waals surface area contributed by atoms with E-state index in [1.54, 1.807) is 25.4 Å². The Morgan fingerprint density at radius 1 is 1.13 bits per heavy atom. The number of hydrogen-bond acceptors (Lipinski definition) is 6. The van der Waals surface area contributed by atoms with Gasteiger partial charge in [0.05, 0.1) is 36.0 Å². The molecule has 1 fully saturated rings. The quantitative estimate of drug-likeness (QED) is 0.445. The third-order valence-electron chi connectivity index (χ3n) is 5.21. The number of methoxy groups -OCH3 is 1. The van der Waals surface area contributed by atoms with Crippen LogP contribution in [-0.4, -0.2) is 56.4 Å². The lowest BCUT2D eigenvalue weighted by molar-refractivity contribution is 0.0378. The highest BCUT2D eigenvalue weighted by Gasteiger charge is 2.13. The van der Waals surface area contributed by atoms with Crippen LogP contribution >= 0.6 is 15.9 Å². The first-order valence-electron chi connectivity index (χ1n) is 10.3. The van der Waals surface area contributed by atoms with Crippen LogP contribution in [0.4, 0.5) is 10.1 Å². The van der Waals surface area contributed by atoms with Crippen molar-refractivity contribution < 1.29 is 18.6 Å². The smallest absolute Gasteiger partial charge is 0.142 e. The summed E-state index contributed by atoms with van der Waals surface area (Å²) in [6.07, 6.45) is 2.72. The Hall–Kier alpha value is -2.42. The van der Waals surface area contributed by atoms with Crippen molar-refractivity contribution in [2.75, 3.05) is 51.8 Å². The Kier molecular flexibility index (Phi) is 7.21. The lowest BCUT2D eigenvalue weighted by Crippen LogP contribution is -2.37. The molecule has 0 atom stereocenters. The second kappa shape index (κ2) is 10.3. The number of benzene rings is 2. The summed E-state index contributed by atoms with van der Waals surface area (Å²) in [5.74, 6) is 1.53. The molecule has 1 aliphatic heterocycles. The van der Waals surface area contributed by atoms with Crippen LogP contribution in [0.15, 0.2) is 47.1 Å². The number of anilines is 1. The highest BCUT2D eigenvalue weighted by atomic mass is 79.9. The van der Waals surface area contributed by atoms with Gasteiger partial charge < -0.3 is 19.5 Å². The lowest BCUT2D eigenvalue weighted by Gasteiger charge is -2.26. The summed E-state index contributed by atoms with van der Waals surface area (Å²) in [5, 5.41) is 4.28. The fraction of sp³-hybridized carbons (Fsp3) is 0.348. The van der Waals surface area contributed by atoms with Gasteiger partial charge in [-0.1, -0.05) is 0 Å². The molecular formula is C23H25BrFN3O3. The summed E-state index contributed by atoms with van der Waals surface area (Å²) < 4.78 is 31.0. The van der Waals surface area contributed by atoms with Crippen LogP contribution < -0.4 is 14.8 Å². The highest BCUT2D eigenvalue weighted by molar-refractivity contribution is 9.10. The molecule has 0 aliphatic carbocycles. The molecule has 4 rings (SSSR count). The predicted octanol–water partition coefficient (Wildman–Crippen LogP) is 5.07. The van der Waals surface area contributed by atoms with Gasteiger partial charge in [0.15, 0.2) is 0 Å². The molecule has 6 nitrogen and oxygen atoms in total. The van der Waals surface area contributed by atoms with Gasteiger partial charge in [-0.2, -0.15) is 0 Å². The van der Waals surface area contributed by atoms with Gasteiger partial charge in [0, 0.05) is 31.2 Å². The van der Waals surface area contributed by atoms with Gasteiger partial charge in [-0.3, -0.25) is 9.88 Å². The van der Waals surface area contributed by atoms with Crippen molar-refractivity contribution >= 4 is 32.5 Å². The molecule has 0 saturated carbocycles. The zero-order chi connectivity index (χ0) is 21.6. The van der Waals surface area contributed by atoms with E-state index in [-0.39, 0.29) is 5.82 Å².